The van der Waals surface area contributed by atoms with Crippen LogP contribution in [-0.4, -0.2) is 45.7 Å². The Kier molecular flexibility index (Phi) is 3.76. The molecule has 7 nitrogen and oxygen atoms in total. The summed E-state index contributed by atoms with van der Waals surface area (Å²) in [6.45, 7) is 3.07. The third-order valence-electron chi connectivity index (χ3n) is 4.47. The molecule has 3 heterocycles. The van der Waals surface area contributed by atoms with Gasteiger partial charge in [-0.3, -0.25) is 4.79 Å². The van der Waals surface area contributed by atoms with Crippen LogP contribution in [0.2, 0.25) is 0 Å². The molecule has 0 fully saturated rings. The first kappa shape index (κ1) is 15.4. The van der Waals surface area contributed by atoms with E-state index >= 15 is 0 Å². The molecule has 1 aliphatic rings. The molecule has 25 heavy (non-hydrogen) atoms. The lowest BCUT2D eigenvalue weighted by molar-refractivity contribution is 0.0733. The van der Waals surface area contributed by atoms with Crippen molar-refractivity contribution in [2.24, 2.45) is 0 Å². The molecular weight excluding hydrogens is 320 g/mol. The van der Waals surface area contributed by atoms with Crippen molar-refractivity contribution in [3.63, 3.8) is 0 Å². The largest absolute Gasteiger partial charge is 0.486 e. The van der Waals surface area contributed by atoms with Gasteiger partial charge < -0.3 is 14.4 Å². The van der Waals surface area contributed by atoms with Crippen LogP contribution in [-0.2, 0) is 0 Å². The molecule has 3 aromatic rings. The Balaban J connectivity index is 1.62. The first-order valence-corrected chi connectivity index (χ1v) is 8.10. The molecule has 4 rings (SSSR count). The van der Waals surface area contributed by atoms with Crippen molar-refractivity contribution in [1.82, 2.24) is 19.5 Å². The summed E-state index contributed by atoms with van der Waals surface area (Å²) in [5.74, 6) is 1.33. The standard InChI is InChI=1S/C18H18N4O3/c1-12(13-6-7-15-16(10-13)25-9-8-24-15)21(2)18(23)14-4-3-5-17-19-11-20-22(14)17/h3-7,10-12H,8-9H2,1-2H3. The Bertz CT molecular complexity index is 937. The lowest BCUT2D eigenvalue weighted by atomic mass is 10.1. The van der Waals surface area contributed by atoms with Crippen molar-refractivity contribution in [1.29, 1.82) is 0 Å². The number of rotatable bonds is 3. The number of hydrogen-bond acceptors (Lipinski definition) is 5. The maximum atomic E-state index is 12.9. The first-order chi connectivity index (χ1) is 12.1. The van der Waals surface area contributed by atoms with Gasteiger partial charge in [0.2, 0.25) is 0 Å². The topological polar surface area (TPSA) is 69.0 Å². The highest BCUT2D eigenvalue weighted by Crippen LogP contribution is 2.34. The number of ether oxygens (including phenoxy) is 2. The van der Waals surface area contributed by atoms with Gasteiger partial charge in [0, 0.05) is 7.05 Å². The molecule has 2 aromatic heterocycles. The molecule has 0 spiro atoms. The Morgan fingerprint density at radius 1 is 1.20 bits per heavy atom. The van der Waals surface area contributed by atoms with Crippen LogP contribution < -0.4 is 9.47 Å². The molecule has 0 saturated carbocycles. The zero-order valence-electron chi connectivity index (χ0n) is 14.0. The first-order valence-electron chi connectivity index (χ1n) is 8.10. The third kappa shape index (κ3) is 2.67. The van der Waals surface area contributed by atoms with Crippen LogP contribution in [0.4, 0.5) is 0 Å². The summed E-state index contributed by atoms with van der Waals surface area (Å²) in [6, 6.07) is 11.0. The molecular formula is C18H18N4O3. The minimum Gasteiger partial charge on any atom is -0.486 e. The zero-order chi connectivity index (χ0) is 17.4. The summed E-state index contributed by atoms with van der Waals surface area (Å²) >= 11 is 0. The maximum Gasteiger partial charge on any atom is 0.272 e. The predicted molar refractivity (Wildman–Crippen MR) is 90.9 cm³/mol. The fourth-order valence-electron chi connectivity index (χ4n) is 2.91. The average Bonchev–Trinajstić information content (AvgIpc) is 3.14. The van der Waals surface area contributed by atoms with Crippen LogP contribution in [0.5, 0.6) is 11.5 Å². The van der Waals surface area contributed by atoms with Crippen LogP contribution in [0.15, 0.2) is 42.7 Å². The third-order valence-corrected chi connectivity index (χ3v) is 4.47. The van der Waals surface area contributed by atoms with Gasteiger partial charge in [-0.1, -0.05) is 12.1 Å². The van der Waals surface area contributed by atoms with Gasteiger partial charge in [0.1, 0.15) is 25.2 Å². The van der Waals surface area contributed by atoms with Crippen molar-refractivity contribution >= 4 is 11.6 Å². The van der Waals surface area contributed by atoms with Crippen molar-refractivity contribution in [3.8, 4) is 11.5 Å². The SMILES string of the molecule is CC(c1ccc2c(c1)OCCO2)N(C)C(=O)c1cccc2ncnn12. The highest BCUT2D eigenvalue weighted by molar-refractivity contribution is 5.93. The molecule has 0 N–H and O–H groups in total. The Hall–Kier alpha value is -3.09. The van der Waals surface area contributed by atoms with E-state index in [0.717, 1.165) is 17.1 Å². The van der Waals surface area contributed by atoms with Gasteiger partial charge in [0.15, 0.2) is 17.1 Å². The summed E-state index contributed by atoms with van der Waals surface area (Å²) in [6.07, 6.45) is 1.44. The normalized spacial score (nSPS) is 14.3. The Morgan fingerprint density at radius 2 is 2.00 bits per heavy atom. The number of hydrogen-bond donors (Lipinski definition) is 0. The summed E-state index contributed by atoms with van der Waals surface area (Å²) in [5.41, 5.74) is 2.10. The minimum atomic E-state index is -0.137. The fourth-order valence-corrected chi connectivity index (χ4v) is 2.91. The van der Waals surface area contributed by atoms with E-state index in [1.54, 1.807) is 28.6 Å². The lowest BCUT2D eigenvalue weighted by Gasteiger charge is -2.27. The molecule has 128 valence electrons. The highest BCUT2D eigenvalue weighted by Gasteiger charge is 2.23. The number of aromatic nitrogens is 3. The summed E-state index contributed by atoms with van der Waals surface area (Å²) in [4.78, 5) is 18.7. The summed E-state index contributed by atoms with van der Waals surface area (Å²) in [5, 5.41) is 4.13. The van der Waals surface area contributed by atoms with Gasteiger partial charge in [-0.25, -0.2) is 9.50 Å². The molecule has 7 heteroatoms. The quantitative estimate of drug-likeness (QED) is 0.733. The molecule has 0 radical (unpaired) electrons. The van der Waals surface area contributed by atoms with Crippen LogP contribution in [0.1, 0.15) is 29.0 Å². The number of carbonyl (C=O) groups excluding carboxylic acids is 1. The smallest absolute Gasteiger partial charge is 0.272 e. The van der Waals surface area contributed by atoms with Gasteiger partial charge in [0.25, 0.3) is 5.91 Å². The summed E-state index contributed by atoms with van der Waals surface area (Å²) < 4.78 is 12.7. The van der Waals surface area contributed by atoms with E-state index in [0.29, 0.717) is 24.6 Å². The molecule has 0 aliphatic carbocycles. The fraction of sp³-hybridized carbons (Fsp3) is 0.278. The summed E-state index contributed by atoms with van der Waals surface area (Å²) in [7, 11) is 1.78. The van der Waals surface area contributed by atoms with Gasteiger partial charge in [-0.05, 0) is 36.8 Å². The second-order valence-electron chi connectivity index (χ2n) is 5.94. The van der Waals surface area contributed by atoms with Gasteiger partial charge >= 0.3 is 0 Å². The molecule has 1 amide bonds. The maximum absolute atomic E-state index is 12.9. The van der Waals surface area contributed by atoms with Crippen LogP contribution in [0.25, 0.3) is 5.65 Å². The lowest BCUT2D eigenvalue weighted by Crippen LogP contribution is -2.31. The Labute approximate surface area is 144 Å². The zero-order valence-corrected chi connectivity index (χ0v) is 14.0. The van der Waals surface area contributed by atoms with Crippen molar-refractivity contribution in [3.05, 3.63) is 54.0 Å². The molecule has 0 saturated heterocycles. The van der Waals surface area contributed by atoms with Crippen molar-refractivity contribution in [2.45, 2.75) is 13.0 Å². The van der Waals surface area contributed by atoms with Crippen LogP contribution in [0.3, 0.4) is 0 Å². The average molecular weight is 338 g/mol. The molecule has 1 atom stereocenters. The van der Waals surface area contributed by atoms with Crippen LogP contribution in [0, 0.1) is 0 Å². The predicted octanol–water partition coefficient (Wildman–Crippen LogP) is 2.33. The number of amides is 1. The number of benzene rings is 1. The monoisotopic (exact) mass is 338 g/mol. The van der Waals surface area contributed by atoms with Gasteiger partial charge in [0.05, 0.1) is 6.04 Å². The molecule has 1 aliphatic heterocycles. The van der Waals surface area contributed by atoms with E-state index in [2.05, 4.69) is 10.1 Å². The van der Waals surface area contributed by atoms with Gasteiger partial charge in [-0.15, -0.1) is 0 Å². The van der Waals surface area contributed by atoms with E-state index < -0.39 is 0 Å². The van der Waals surface area contributed by atoms with E-state index in [9.17, 15) is 4.79 Å². The molecule has 1 unspecified atom stereocenters. The van der Waals surface area contributed by atoms with E-state index in [4.69, 9.17) is 9.47 Å². The van der Waals surface area contributed by atoms with E-state index in [1.807, 2.05) is 31.2 Å². The van der Waals surface area contributed by atoms with Crippen LogP contribution >= 0.6 is 0 Å². The van der Waals surface area contributed by atoms with Crippen molar-refractivity contribution < 1.29 is 14.3 Å². The Morgan fingerprint density at radius 3 is 2.84 bits per heavy atom. The second kappa shape index (κ2) is 6.08. The van der Waals surface area contributed by atoms with Crippen molar-refractivity contribution in [2.75, 3.05) is 20.3 Å². The molecule has 0 bridgehead atoms. The van der Waals surface area contributed by atoms with Gasteiger partial charge in [-0.2, -0.15) is 5.10 Å². The minimum absolute atomic E-state index is 0.126. The number of fused-ring (bicyclic) bond motifs is 2. The number of pyridine rings is 1. The van der Waals surface area contributed by atoms with E-state index in [1.165, 1.54) is 6.33 Å². The van der Waals surface area contributed by atoms with E-state index in [-0.39, 0.29) is 11.9 Å². The number of carbonyl (C=O) groups is 1. The molecule has 1 aromatic carbocycles. The second-order valence-corrected chi connectivity index (χ2v) is 5.94. The number of nitrogens with zero attached hydrogens (tertiary/aromatic N) is 4. The highest BCUT2D eigenvalue weighted by atomic mass is 16.6.